The molecule has 3 aliphatic heterocycles. The number of nitrogens with one attached hydrogen (secondary N) is 1. The first-order valence-electron chi connectivity index (χ1n) is 18.0. The lowest BCUT2D eigenvalue weighted by molar-refractivity contribution is -0.205. The van der Waals surface area contributed by atoms with Gasteiger partial charge in [0.25, 0.3) is 0 Å². The molecule has 0 radical (unpaired) electrons. The Balaban J connectivity index is 0.000000233. The highest BCUT2D eigenvalue weighted by Crippen LogP contribution is 2.41. The van der Waals surface area contributed by atoms with E-state index in [4.69, 9.17) is 21.1 Å². The van der Waals surface area contributed by atoms with Crippen molar-refractivity contribution in [3.8, 4) is 11.8 Å². The number of aliphatic hydroxyl groups is 3. The molecule has 0 saturated carbocycles. The molecule has 2 fully saturated rings. The number of likely N-dealkylation sites (N-methyl/N-ethyl adjacent to an activating group) is 1. The quantitative estimate of drug-likeness (QED) is 0.158. The normalized spacial score (nSPS) is 27.9. The molecule has 9 atom stereocenters. The Bertz CT molecular complexity index is 1570. The number of aromatic nitrogens is 1. The summed E-state index contributed by atoms with van der Waals surface area (Å²) < 4.78 is 10.7. The molecule has 2 saturated heterocycles. The maximum absolute atomic E-state index is 12.9. The van der Waals surface area contributed by atoms with Gasteiger partial charge in [0.1, 0.15) is 35.5 Å². The van der Waals surface area contributed by atoms with E-state index in [0.717, 1.165) is 31.4 Å². The van der Waals surface area contributed by atoms with Crippen LogP contribution >= 0.6 is 35.1 Å². The fraction of sp³-hybridized carbons (Fsp3) is 0.615. The predicted octanol–water partition coefficient (Wildman–Crippen LogP) is 4.82. The molecular formula is C39H54ClN3O7S2. The molecule has 52 heavy (non-hydrogen) atoms. The summed E-state index contributed by atoms with van der Waals surface area (Å²) >= 11 is 9.47. The molecule has 1 amide bonds. The number of alkyl halides is 1. The van der Waals surface area contributed by atoms with Gasteiger partial charge in [0.05, 0.1) is 29.6 Å². The summed E-state index contributed by atoms with van der Waals surface area (Å²) in [6.07, 6.45) is 2.59. The smallest absolute Gasteiger partial charge is 0.339 e. The van der Waals surface area contributed by atoms with Crippen LogP contribution in [0.25, 0.3) is 0 Å². The maximum atomic E-state index is 12.9. The number of amides is 1. The van der Waals surface area contributed by atoms with E-state index in [-0.39, 0.29) is 23.3 Å². The van der Waals surface area contributed by atoms with Crippen molar-refractivity contribution >= 4 is 47.0 Å². The highest BCUT2D eigenvalue weighted by Gasteiger charge is 2.48. The van der Waals surface area contributed by atoms with Crippen LogP contribution in [0.1, 0.15) is 87.5 Å². The lowest BCUT2D eigenvalue weighted by Crippen LogP contribution is -2.65. The molecule has 0 spiro atoms. The number of carbonyl (C=O) groups excluding carboxylic acids is 2. The zero-order valence-corrected chi connectivity index (χ0v) is 33.6. The number of halogens is 1. The summed E-state index contributed by atoms with van der Waals surface area (Å²) in [6.45, 7) is 11.5. The van der Waals surface area contributed by atoms with E-state index in [1.807, 2.05) is 23.7 Å². The van der Waals surface area contributed by atoms with Crippen LogP contribution < -0.4 is 5.32 Å². The predicted molar refractivity (Wildman–Crippen MR) is 208 cm³/mol. The van der Waals surface area contributed by atoms with Crippen molar-refractivity contribution < 1.29 is 34.4 Å². The molecular weight excluding hydrogens is 722 g/mol. The molecule has 10 nitrogen and oxygen atoms in total. The number of benzene rings is 1. The molecule has 5 rings (SSSR count). The van der Waals surface area contributed by atoms with E-state index >= 15 is 0 Å². The standard InChI is InChI=1S/C21H21NO2S.C18H33ClN2O5S/c1-4-24-20(23)16-7-9-17(22-14-16)8-5-15-6-10-19-18(13-15)21(2,3)11-12-25-19;1-5-6-10-7-11(21(3)8-10)17(25)20-12(9(2)19)16-14(23)13(22)15(24)18(26-16)27-4/h6-7,9-10,13-14H,4,11-12H2,1-3H3;9-16,18,22-24H,5-8H2,1-4H3,(H,20,25)/t;9-,10+,11-,12+,13-,14+,15+,16+,18+/m.0/s1. The first-order chi connectivity index (χ1) is 24.7. The zero-order chi connectivity index (χ0) is 38.2. The maximum Gasteiger partial charge on any atom is 0.339 e. The number of pyridine rings is 1. The SMILES string of the molecule is CCC[C@@H]1C[C@@H](C(=O)N[C@@H]([C@H]2O[C@H](SC)[C@H](O)[C@@H](O)[C@H]2O)[C@H](C)Cl)N(C)C1.CCOC(=O)c1ccc(C#Cc2ccc3c(c2)C(C)(C)CCS3)nc1. The van der Waals surface area contributed by atoms with Crippen molar-refractivity contribution in [1.82, 2.24) is 15.2 Å². The molecule has 0 bridgehead atoms. The summed E-state index contributed by atoms with van der Waals surface area (Å²) in [6, 6.07) is 8.94. The van der Waals surface area contributed by atoms with E-state index in [1.54, 1.807) is 32.2 Å². The Morgan fingerprint density at radius 1 is 1.17 bits per heavy atom. The third kappa shape index (κ3) is 10.7. The summed E-state index contributed by atoms with van der Waals surface area (Å²) in [5.41, 5.74) is 2.94. The molecule has 0 aliphatic carbocycles. The average molecular weight is 776 g/mol. The van der Waals surface area contributed by atoms with Gasteiger partial charge in [-0.15, -0.1) is 35.1 Å². The van der Waals surface area contributed by atoms with Gasteiger partial charge in [0.15, 0.2) is 0 Å². The Kier molecular flexibility index (Phi) is 15.7. The van der Waals surface area contributed by atoms with Gasteiger partial charge in [0.2, 0.25) is 5.91 Å². The van der Waals surface area contributed by atoms with Crippen LogP contribution in [0, 0.1) is 17.8 Å². The number of carbonyl (C=O) groups is 2. The molecule has 13 heteroatoms. The largest absolute Gasteiger partial charge is 0.462 e. The Hall–Kier alpha value is -2.34. The number of nitrogens with zero attached hydrogens (tertiary/aromatic N) is 2. The number of ether oxygens (including phenoxy) is 2. The highest BCUT2D eigenvalue weighted by atomic mass is 35.5. The lowest BCUT2D eigenvalue weighted by atomic mass is 9.81. The lowest BCUT2D eigenvalue weighted by Gasteiger charge is -2.44. The number of hydrogen-bond acceptors (Lipinski definition) is 11. The van der Waals surface area contributed by atoms with Crippen molar-refractivity contribution in [2.75, 3.05) is 32.2 Å². The van der Waals surface area contributed by atoms with E-state index < -0.39 is 41.3 Å². The second kappa shape index (κ2) is 19.3. The Labute approximate surface area is 322 Å². The van der Waals surface area contributed by atoms with E-state index in [0.29, 0.717) is 23.8 Å². The van der Waals surface area contributed by atoms with Gasteiger partial charge in [-0.3, -0.25) is 9.69 Å². The minimum Gasteiger partial charge on any atom is -0.462 e. The van der Waals surface area contributed by atoms with Gasteiger partial charge < -0.3 is 30.1 Å². The summed E-state index contributed by atoms with van der Waals surface area (Å²) in [4.78, 5) is 32.2. The first kappa shape index (κ1) is 42.4. The molecule has 1 aromatic carbocycles. The minimum absolute atomic E-state index is 0.147. The van der Waals surface area contributed by atoms with Gasteiger partial charge in [-0.1, -0.05) is 33.1 Å². The number of thioether (sulfide) groups is 2. The first-order valence-corrected chi connectivity index (χ1v) is 20.7. The number of fused-ring (bicyclic) bond motifs is 1. The van der Waals surface area contributed by atoms with E-state index in [9.17, 15) is 24.9 Å². The number of hydrogen-bond donors (Lipinski definition) is 4. The van der Waals surface area contributed by atoms with Crippen molar-refractivity contribution in [2.24, 2.45) is 5.92 Å². The van der Waals surface area contributed by atoms with E-state index in [2.05, 4.69) is 61.1 Å². The van der Waals surface area contributed by atoms with Gasteiger partial charge in [-0.05, 0) is 105 Å². The van der Waals surface area contributed by atoms with Crippen molar-refractivity contribution in [1.29, 1.82) is 0 Å². The van der Waals surface area contributed by atoms with Gasteiger partial charge >= 0.3 is 5.97 Å². The number of esters is 1. The summed E-state index contributed by atoms with van der Waals surface area (Å²) in [5.74, 6) is 7.42. The van der Waals surface area contributed by atoms with Crippen LogP contribution in [0.3, 0.4) is 0 Å². The second-order valence-corrected chi connectivity index (χ2v) is 17.1. The van der Waals surface area contributed by atoms with Crippen molar-refractivity contribution in [2.45, 2.75) is 118 Å². The monoisotopic (exact) mass is 775 g/mol. The van der Waals surface area contributed by atoms with Gasteiger partial charge in [0, 0.05) is 23.2 Å². The van der Waals surface area contributed by atoms with Crippen molar-refractivity contribution in [3.05, 3.63) is 58.9 Å². The summed E-state index contributed by atoms with van der Waals surface area (Å²) in [5, 5.41) is 33.0. The number of likely N-dealkylation sites (tertiary alicyclic amines) is 1. The third-order valence-electron chi connectivity index (χ3n) is 9.93. The minimum atomic E-state index is -1.36. The van der Waals surface area contributed by atoms with Gasteiger partial charge in [-0.25, -0.2) is 9.78 Å². The molecule has 0 unspecified atom stereocenters. The molecule has 3 aliphatic rings. The fourth-order valence-corrected chi connectivity index (χ4v) is 9.24. The third-order valence-corrected chi connectivity index (χ3v) is 12.1. The van der Waals surface area contributed by atoms with Crippen LogP contribution in [-0.2, 0) is 19.7 Å². The van der Waals surface area contributed by atoms with Crippen LogP contribution in [0.4, 0.5) is 0 Å². The van der Waals surface area contributed by atoms with Crippen LogP contribution in [0.15, 0.2) is 41.4 Å². The topological polar surface area (TPSA) is 141 Å². The van der Waals surface area contributed by atoms with Crippen LogP contribution in [0.2, 0.25) is 0 Å². The Morgan fingerprint density at radius 2 is 1.92 bits per heavy atom. The molecule has 1 aromatic heterocycles. The molecule has 4 heterocycles. The van der Waals surface area contributed by atoms with Crippen LogP contribution in [-0.4, -0.2) is 117 Å². The average Bonchev–Trinajstić information content (AvgIpc) is 3.49. The van der Waals surface area contributed by atoms with Crippen molar-refractivity contribution in [3.63, 3.8) is 0 Å². The number of rotatable bonds is 9. The van der Waals surface area contributed by atoms with Crippen LogP contribution in [0.5, 0.6) is 0 Å². The zero-order valence-electron chi connectivity index (χ0n) is 31.2. The molecule has 2 aromatic rings. The molecule has 286 valence electrons. The highest BCUT2D eigenvalue weighted by molar-refractivity contribution is 7.99. The number of aliphatic hydroxyl groups excluding tert-OH is 3. The second-order valence-electron chi connectivity index (χ2n) is 14.3. The van der Waals surface area contributed by atoms with Gasteiger partial charge in [-0.2, -0.15) is 0 Å². The molecule has 4 N–H and O–H groups in total. The van der Waals surface area contributed by atoms with E-state index in [1.165, 1.54) is 40.6 Å². The Morgan fingerprint density at radius 3 is 2.56 bits per heavy atom. The summed E-state index contributed by atoms with van der Waals surface area (Å²) in [7, 11) is 1.94. The fourth-order valence-electron chi connectivity index (χ4n) is 6.87.